The number of nitrogens with one attached hydrogen (secondary N) is 1. The Bertz CT molecular complexity index is 146. The van der Waals surface area contributed by atoms with Crippen LogP contribution in [0.1, 0.15) is 10.5 Å². The zero-order chi connectivity index (χ0) is 7.11. The molecular weight excluding hydrogens is 116 g/mol. The number of H-pyrrole nitrogens is 1. The first-order valence-electron chi connectivity index (χ1n) is 2.60. The Balaban J connectivity index is 0.000000291. The zero-order valence-corrected chi connectivity index (χ0v) is 5.29. The first kappa shape index (κ1) is 7.91. The van der Waals surface area contributed by atoms with Gasteiger partial charge in [-0.25, -0.2) is 0 Å². The summed E-state index contributed by atoms with van der Waals surface area (Å²) < 4.78 is 0. The summed E-state index contributed by atoms with van der Waals surface area (Å²) in [6, 6.07) is 3.50. The first-order chi connectivity index (χ1) is 4.43. The maximum Gasteiger partial charge on any atom is 0.166 e. The highest BCUT2D eigenvalue weighted by molar-refractivity contribution is 5.71. The molecule has 0 amide bonds. The Kier molecular flexibility index (Phi) is 4.44. The summed E-state index contributed by atoms with van der Waals surface area (Å²) >= 11 is 0. The molecule has 50 valence electrons. The highest BCUT2D eigenvalue weighted by Crippen LogP contribution is 1.85. The summed E-state index contributed by atoms with van der Waals surface area (Å²) in [7, 11) is 1.50. The lowest BCUT2D eigenvalue weighted by molar-refractivity contribution is 0.111. The zero-order valence-electron chi connectivity index (χ0n) is 5.29. The highest BCUT2D eigenvalue weighted by Gasteiger charge is 1.81. The number of carbonyl (C=O) groups is 1. The van der Waals surface area contributed by atoms with Crippen molar-refractivity contribution in [3.63, 3.8) is 0 Å². The molecule has 1 rings (SSSR count). The molecule has 1 aromatic heterocycles. The van der Waals surface area contributed by atoms with Crippen molar-refractivity contribution in [1.29, 1.82) is 0 Å². The van der Waals surface area contributed by atoms with Crippen LogP contribution in [0.4, 0.5) is 0 Å². The quantitative estimate of drug-likeness (QED) is 0.535. The second kappa shape index (κ2) is 5.05. The van der Waals surface area contributed by atoms with Crippen molar-refractivity contribution in [1.82, 2.24) is 4.98 Å². The summed E-state index contributed by atoms with van der Waals surface area (Å²) in [4.78, 5) is 12.6. The van der Waals surface area contributed by atoms with Crippen LogP contribution in [0.5, 0.6) is 0 Å². The van der Waals surface area contributed by atoms with Crippen LogP contribution in [0, 0.1) is 0 Å². The fraction of sp³-hybridized carbons (Fsp3) is 0.167. The van der Waals surface area contributed by atoms with Gasteiger partial charge < -0.3 is 10.7 Å². The lowest BCUT2D eigenvalue weighted by atomic mass is 10.5. The van der Waals surface area contributed by atoms with Gasteiger partial charge in [0.05, 0.1) is 5.69 Å². The first-order valence-corrected chi connectivity index (χ1v) is 2.60. The molecule has 1 heterocycles. The van der Waals surface area contributed by atoms with Crippen molar-refractivity contribution in [2.45, 2.75) is 0 Å². The van der Waals surface area contributed by atoms with E-state index in [9.17, 15) is 4.79 Å². The van der Waals surface area contributed by atoms with Crippen LogP contribution in [-0.2, 0) is 0 Å². The molecule has 0 aliphatic heterocycles. The summed E-state index contributed by atoms with van der Waals surface area (Å²) in [6.45, 7) is 0. The van der Waals surface area contributed by atoms with Crippen molar-refractivity contribution in [3.8, 4) is 0 Å². The largest absolute Gasteiger partial charge is 0.359 e. The topological polar surface area (TPSA) is 58.9 Å². The van der Waals surface area contributed by atoms with E-state index in [4.69, 9.17) is 0 Å². The molecule has 0 aliphatic carbocycles. The molecule has 3 N–H and O–H groups in total. The van der Waals surface area contributed by atoms with Gasteiger partial charge in [-0.2, -0.15) is 0 Å². The van der Waals surface area contributed by atoms with Crippen molar-refractivity contribution >= 4 is 6.29 Å². The molecule has 0 aliphatic rings. The lowest BCUT2D eigenvalue weighted by Crippen LogP contribution is -1.72. The molecule has 0 atom stereocenters. The highest BCUT2D eigenvalue weighted by atomic mass is 16.1. The normalized spacial score (nSPS) is 7.33. The smallest absolute Gasteiger partial charge is 0.166 e. The van der Waals surface area contributed by atoms with Gasteiger partial charge in [0.25, 0.3) is 0 Å². The van der Waals surface area contributed by atoms with E-state index in [0.717, 1.165) is 6.29 Å². The average Bonchev–Trinajstić information content (AvgIpc) is 2.43. The van der Waals surface area contributed by atoms with Gasteiger partial charge in [-0.15, -0.1) is 0 Å². The van der Waals surface area contributed by atoms with E-state index in [1.54, 1.807) is 18.3 Å². The predicted molar refractivity (Wildman–Crippen MR) is 36.3 cm³/mol. The van der Waals surface area contributed by atoms with Gasteiger partial charge in [-0.3, -0.25) is 4.79 Å². The summed E-state index contributed by atoms with van der Waals surface area (Å²) in [5.74, 6) is 0. The fourth-order valence-electron chi connectivity index (χ4n) is 0.418. The van der Waals surface area contributed by atoms with Gasteiger partial charge >= 0.3 is 0 Å². The molecule has 3 nitrogen and oxygen atoms in total. The van der Waals surface area contributed by atoms with Gasteiger partial charge in [0.15, 0.2) is 6.29 Å². The molecule has 1 aromatic rings. The minimum Gasteiger partial charge on any atom is -0.359 e. The number of aldehydes is 1. The molecule has 0 fully saturated rings. The van der Waals surface area contributed by atoms with E-state index < -0.39 is 0 Å². The molecule has 0 saturated carbocycles. The van der Waals surface area contributed by atoms with Crippen molar-refractivity contribution < 1.29 is 4.79 Å². The van der Waals surface area contributed by atoms with Crippen LogP contribution >= 0.6 is 0 Å². The monoisotopic (exact) mass is 126 g/mol. The average molecular weight is 126 g/mol. The van der Waals surface area contributed by atoms with Crippen molar-refractivity contribution in [2.24, 2.45) is 5.73 Å². The fourth-order valence-corrected chi connectivity index (χ4v) is 0.418. The Hall–Kier alpha value is -1.09. The molecule has 0 saturated heterocycles. The number of rotatable bonds is 1. The van der Waals surface area contributed by atoms with Gasteiger partial charge in [0.1, 0.15) is 0 Å². The lowest BCUT2D eigenvalue weighted by Gasteiger charge is -1.70. The minimum atomic E-state index is 0.625. The third kappa shape index (κ3) is 2.66. The van der Waals surface area contributed by atoms with Gasteiger partial charge in [0.2, 0.25) is 0 Å². The number of carbonyl (C=O) groups excluding carboxylic acids is 1. The maximum atomic E-state index is 9.84. The number of hydrogen-bond acceptors (Lipinski definition) is 2. The number of nitrogens with two attached hydrogens (primary N) is 1. The van der Waals surface area contributed by atoms with Crippen molar-refractivity contribution in [3.05, 3.63) is 24.0 Å². The summed E-state index contributed by atoms with van der Waals surface area (Å²) in [5.41, 5.74) is 5.12. The second-order valence-corrected chi connectivity index (χ2v) is 1.24. The molecule has 9 heavy (non-hydrogen) atoms. The van der Waals surface area contributed by atoms with Crippen molar-refractivity contribution in [2.75, 3.05) is 7.05 Å². The Morgan fingerprint density at radius 2 is 2.33 bits per heavy atom. The van der Waals surface area contributed by atoms with E-state index in [-0.39, 0.29) is 0 Å². The summed E-state index contributed by atoms with van der Waals surface area (Å²) in [6.07, 6.45) is 2.49. The van der Waals surface area contributed by atoms with E-state index in [2.05, 4.69) is 10.7 Å². The number of hydrogen-bond donors (Lipinski definition) is 2. The molecule has 3 heteroatoms. The van der Waals surface area contributed by atoms with E-state index in [0.29, 0.717) is 5.69 Å². The molecule has 0 unspecified atom stereocenters. The molecule has 0 aromatic carbocycles. The van der Waals surface area contributed by atoms with Crippen LogP contribution < -0.4 is 5.73 Å². The van der Waals surface area contributed by atoms with Gasteiger partial charge in [-0.05, 0) is 19.2 Å². The summed E-state index contributed by atoms with van der Waals surface area (Å²) in [5, 5.41) is 0. The Morgan fingerprint density at radius 3 is 2.56 bits per heavy atom. The van der Waals surface area contributed by atoms with Crippen LogP contribution in [0.15, 0.2) is 18.3 Å². The molecule has 0 radical (unpaired) electrons. The van der Waals surface area contributed by atoms with E-state index in [1.165, 1.54) is 7.05 Å². The predicted octanol–water partition coefficient (Wildman–Crippen LogP) is 0.402. The Labute approximate surface area is 53.9 Å². The molecule has 0 bridgehead atoms. The van der Waals surface area contributed by atoms with Gasteiger partial charge in [-0.1, -0.05) is 0 Å². The third-order valence-electron chi connectivity index (χ3n) is 0.749. The number of aromatic amines is 1. The van der Waals surface area contributed by atoms with Crippen LogP contribution in [-0.4, -0.2) is 18.3 Å². The SMILES string of the molecule is CN.O=Cc1ccc[nH]1. The maximum absolute atomic E-state index is 9.84. The third-order valence-corrected chi connectivity index (χ3v) is 0.749. The van der Waals surface area contributed by atoms with Crippen LogP contribution in [0.25, 0.3) is 0 Å². The molecule has 0 spiro atoms. The van der Waals surface area contributed by atoms with Gasteiger partial charge in [0, 0.05) is 6.20 Å². The van der Waals surface area contributed by atoms with E-state index in [1.807, 2.05) is 0 Å². The van der Waals surface area contributed by atoms with Crippen LogP contribution in [0.3, 0.4) is 0 Å². The number of aromatic nitrogens is 1. The standard InChI is InChI=1S/C5H5NO.CH5N/c7-4-5-2-1-3-6-5;1-2/h1-4,6H;2H2,1H3. The van der Waals surface area contributed by atoms with Crippen LogP contribution in [0.2, 0.25) is 0 Å². The minimum absolute atomic E-state index is 0.625. The Morgan fingerprint density at radius 1 is 1.67 bits per heavy atom. The molecular formula is C6H10N2O. The second-order valence-electron chi connectivity index (χ2n) is 1.24. The van der Waals surface area contributed by atoms with E-state index >= 15 is 0 Å².